The Morgan fingerprint density at radius 3 is 2.40 bits per heavy atom. The van der Waals surface area contributed by atoms with Crippen LogP contribution in [0, 0.1) is 12.8 Å². The quantitative estimate of drug-likeness (QED) is 0.308. The molecule has 1 aromatic rings. The zero-order chi connectivity index (χ0) is 30.6. The number of anilines is 1. The maximum Gasteiger partial charge on any atom is 0.410 e. The van der Waals surface area contributed by atoms with E-state index in [0.717, 1.165) is 71.7 Å². The van der Waals surface area contributed by atoms with Gasteiger partial charge < -0.3 is 19.3 Å². The van der Waals surface area contributed by atoms with E-state index >= 15 is 0 Å². The van der Waals surface area contributed by atoms with Gasteiger partial charge in [-0.25, -0.2) is 4.79 Å². The summed E-state index contributed by atoms with van der Waals surface area (Å²) in [7, 11) is 0. The Balaban J connectivity index is 1.64. The van der Waals surface area contributed by atoms with Crippen LogP contribution in [-0.4, -0.2) is 67.1 Å². The van der Waals surface area contributed by atoms with E-state index in [9.17, 15) is 14.4 Å². The molecule has 7 nitrogen and oxygen atoms in total. The lowest BCUT2D eigenvalue weighted by atomic mass is 9.83. The summed E-state index contributed by atoms with van der Waals surface area (Å²) < 4.78 is 11.2. The summed E-state index contributed by atoms with van der Waals surface area (Å²) in [6.07, 6.45) is 8.93. The van der Waals surface area contributed by atoms with Crippen LogP contribution in [0.25, 0.3) is 5.57 Å². The second kappa shape index (κ2) is 13.4. The molecule has 1 fully saturated rings. The Morgan fingerprint density at radius 2 is 1.81 bits per heavy atom. The Kier molecular flexibility index (Phi) is 10.1. The van der Waals surface area contributed by atoms with E-state index in [1.807, 2.05) is 46.8 Å². The molecule has 0 N–H and O–H groups in total. The van der Waals surface area contributed by atoms with Crippen molar-refractivity contribution in [2.24, 2.45) is 5.92 Å². The van der Waals surface area contributed by atoms with Crippen LogP contribution in [0.4, 0.5) is 10.5 Å². The number of ketones is 2. The minimum Gasteiger partial charge on any atom is -0.444 e. The molecule has 0 saturated carbocycles. The molecule has 1 unspecified atom stereocenters. The van der Waals surface area contributed by atoms with Gasteiger partial charge in [0.2, 0.25) is 0 Å². The van der Waals surface area contributed by atoms with Crippen molar-refractivity contribution in [2.75, 3.05) is 37.7 Å². The summed E-state index contributed by atoms with van der Waals surface area (Å²) in [4.78, 5) is 43.4. The van der Waals surface area contributed by atoms with Gasteiger partial charge in [-0.05, 0) is 115 Å². The molecule has 1 amide bonds. The molecule has 1 aliphatic carbocycles. The third-order valence-corrected chi connectivity index (χ3v) is 8.57. The van der Waals surface area contributed by atoms with Crippen molar-refractivity contribution in [2.45, 2.75) is 92.2 Å². The van der Waals surface area contributed by atoms with Gasteiger partial charge in [-0.2, -0.15) is 0 Å². The Bertz CT molecular complexity index is 1290. The molecule has 3 aliphatic rings. The van der Waals surface area contributed by atoms with E-state index < -0.39 is 5.60 Å². The first kappa shape index (κ1) is 31.7. The summed E-state index contributed by atoms with van der Waals surface area (Å²) in [5.41, 5.74) is 6.41. The summed E-state index contributed by atoms with van der Waals surface area (Å²) >= 11 is 0. The lowest BCUT2D eigenvalue weighted by Crippen LogP contribution is -2.40. The van der Waals surface area contributed by atoms with E-state index in [-0.39, 0.29) is 23.6 Å². The SMILES string of the molecule is CCN(c1cc(C2=CCN(C(=O)OC(C)(C)C)CC2)cc(C(=O)CCC2C(=O)C=C(C)C=C2C)c1C)C1CCOCC1. The maximum atomic E-state index is 13.9. The van der Waals surface area contributed by atoms with Crippen LogP contribution in [-0.2, 0) is 14.3 Å². The van der Waals surface area contributed by atoms with Gasteiger partial charge in [0.05, 0.1) is 0 Å². The van der Waals surface area contributed by atoms with Crippen molar-refractivity contribution in [3.05, 3.63) is 58.2 Å². The van der Waals surface area contributed by atoms with Crippen molar-refractivity contribution in [3.63, 3.8) is 0 Å². The van der Waals surface area contributed by atoms with Gasteiger partial charge in [0.15, 0.2) is 11.6 Å². The largest absolute Gasteiger partial charge is 0.444 e. The number of hydrogen-bond donors (Lipinski definition) is 0. The van der Waals surface area contributed by atoms with E-state index in [2.05, 4.69) is 30.9 Å². The number of benzene rings is 1. The van der Waals surface area contributed by atoms with Crippen LogP contribution < -0.4 is 4.90 Å². The predicted molar refractivity (Wildman–Crippen MR) is 168 cm³/mol. The van der Waals surface area contributed by atoms with Crippen molar-refractivity contribution in [1.29, 1.82) is 0 Å². The highest BCUT2D eigenvalue weighted by Crippen LogP contribution is 2.35. The van der Waals surface area contributed by atoms with Gasteiger partial charge in [-0.1, -0.05) is 17.7 Å². The second-order valence-electron chi connectivity index (χ2n) is 12.9. The fraction of sp³-hybridized carbons (Fsp3) is 0.571. The molecule has 7 heteroatoms. The Hall–Kier alpha value is -3.19. The van der Waals surface area contributed by atoms with Crippen molar-refractivity contribution in [3.8, 4) is 0 Å². The zero-order valence-electron chi connectivity index (χ0n) is 26.5. The molecule has 0 spiro atoms. The number of carbonyl (C=O) groups excluding carboxylic acids is 3. The third-order valence-electron chi connectivity index (χ3n) is 8.57. The first-order valence-electron chi connectivity index (χ1n) is 15.5. The van der Waals surface area contributed by atoms with Gasteiger partial charge in [0.1, 0.15) is 5.60 Å². The van der Waals surface area contributed by atoms with Crippen LogP contribution in [0.1, 0.15) is 95.1 Å². The predicted octanol–water partition coefficient (Wildman–Crippen LogP) is 7.08. The average Bonchev–Trinajstić information content (AvgIpc) is 2.93. The average molecular weight is 577 g/mol. The summed E-state index contributed by atoms with van der Waals surface area (Å²) in [5, 5.41) is 0. The number of carbonyl (C=O) groups is 3. The molecular weight excluding hydrogens is 528 g/mol. The highest BCUT2D eigenvalue weighted by atomic mass is 16.6. The first-order valence-corrected chi connectivity index (χ1v) is 15.5. The third kappa shape index (κ3) is 7.60. The molecule has 42 heavy (non-hydrogen) atoms. The molecule has 4 rings (SSSR count). The standard InChI is InChI=1S/C35H48N2O5/c1-8-37(28-13-17-41-18-14-28)31-22-27(26-11-15-36(16-12-26)34(40)42-35(5,6)7)21-30(25(31)4)32(38)10-9-29-24(3)19-23(2)20-33(29)39/h11,19-22,28-29H,8-10,12-18H2,1-7H3. The van der Waals surface area contributed by atoms with E-state index in [4.69, 9.17) is 9.47 Å². The molecular formula is C35H48N2O5. The van der Waals surface area contributed by atoms with E-state index in [1.165, 1.54) is 0 Å². The van der Waals surface area contributed by atoms with E-state index in [1.54, 1.807) is 11.0 Å². The second-order valence-corrected chi connectivity index (χ2v) is 12.9. The van der Waals surface area contributed by atoms with Gasteiger partial charge in [0.25, 0.3) is 0 Å². The molecule has 0 aromatic heterocycles. The van der Waals surface area contributed by atoms with Crippen LogP contribution >= 0.6 is 0 Å². The first-order chi connectivity index (χ1) is 19.9. The number of allylic oxidation sites excluding steroid dienone is 4. The van der Waals surface area contributed by atoms with Crippen LogP contribution in [0.3, 0.4) is 0 Å². The minimum atomic E-state index is -0.540. The van der Waals surface area contributed by atoms with Crippen molar-refractivity contribution in [1.82, 2.24) is 4.90 Å². The number of nitrogens with zero attached hydrogens (tertiary/aromatic N) is 2. The highest BCUT2D eigenvalue weighted by Gasteiger charge is 2.28. The maximum absolute atomic E-state index is 13.9. The monoisotopic (exact) mass is 576 g/mol. The van der Waals surface area contributed by atoms with Crippen molar-refractivity contribution >= 4 is 28.9 Å². The number of amides is 1. The van der Waals surface area contributed by atoms with Gasteiger partial charge in [-0.3, -0.25) is 9.59 Å². The summed E-state index contributed by atoms with van der Waals surface area (Å²) in [6.45, 7) is 17.1. The number of Topliss-reactive ketones (excluding diaryl/α,β-unsaturated/α-hetero) is 1. The van der Waals surface area contributed by atoms with E-state index in [0.29, 0.717) is 38.4 Å². The Morgan fingerprint density at radius 1 is 1.10 bits per heavy atom. The Labute approximate surface area is 251 Å². The normalized spacial score (nSPS) is 20.1. The van der Waals surface area contributed by atoms with Crippen LogP contribution in [0.15, 0.2) is 41.5 Å². The fourth-order valence-corrected chi connectivity index (χ4v) is 6.35. The fourth-order valence-electron chi connectivity index (χ4n) is 6.35. The number of hydrogen-bond acceptors (Lipinski definition) is 6. The topological polar surface area (TPSA) is 76.2 Å². The molecule has 1 atom stereocenters. The number of ether oxygens (including phenoxy) is 2. The molecule has 1 saturated heterocycles. The molecule has 2 heterocycles. The zero-order valence-corrected chi connectivity index (χ0v) is 26.5. The molecule has 1 aromatic carbocycles. The smallest absolute Gasteiger partial charge is 0.410 e. The molecule has 0 radical (unpaired) electrons. The summed E-state index contributed by atoms with van der Waals surface area (Å²) in [6, 6.07) is 4.61. The van der Waals surface area contributed by atoms with Crippen LogP contribution in [0.5, 0.6) is 0 Å². The molecule has 0 bridgehead atoms. The van der Waals surface area contributed by atoms with Gasteiger partial charge in [0, 0.05) is 62.5 Å². The van der Waals surface area contributed by atoms with Crippen molar-refractivity contribution < 1.29 is 23.9 Å². The molecule has 228 valence electrons. The van der Waals surface area contributed by atoms with Gasteiger partial charge in [-0.15, -0.1) is 0 Å². The highest BCUT2D eigenvalue weighted by molar-refractivity contribution is 6.01. The van der Waals surface area contributed by atoms with Gasteiger partial charge >= 0.3 is 6.09 Å². The lowest BCUT2D eigenvalue weighted by molar-refractivity contribution is -0.117. The lowest BCUT2D eigenvalue weighted by Gasteiger charge is -2.37. The minimum absolute atomic E-state index is 0.0669. The summed E-state index contributed by atoms with van der Waals surface area (Å²) in [5.74, 6) is -0.0859. The molecule has 2 aliphatic heterocycles. The number of rotatable bonds is 8. The van der Waals surface area contributed by atoms with Crippen LogP contribution in [0.2, 0.25) is 0 Å².